The quantitative estimate of drug-likeness (QED) is 0.511. The van der Waals surface area contributed by atoms with Crippen LogP contribution in [0.3, 0.4) is 0 Å². The third kappa shape index (κ3) is 4.96. The van der Waals surface area contributed by atoms with Crippen LogP contribution in [0.4, 0.5) is 0 Å². The van der Waals surface area contributed by atoms with Gasteiger partial charge in [-0.1, -0.05) is 0 Å². The summed E-state index contributed by atoms with van der Waals surface area (Å²) >= 11 is 0. The van der Waals surface area contributed by atoms with Crippen molar-refractivity contribution in [2.24, 2.45) is 0 Å². The summed E-state index contributed by atoms with van der Waals surface area (Å²) in [4.78, 5) is 33.0. The van der Waals surface area contributed by atoms with Crippen molar-refractivity contribution < 1.29 is 38.8 Å². The number of hydrogen-bond acceptors (Lipinski definition) is 8. The van der Waals surface area contributed by atoms with Gasteiger partial charge in [0.25, 0.3) is 0 Å². The Morgan fingerprint density at radius 2 is 1.76 bits per heavy atom. The molecule has 1 fully saturated rings. The van der Waals surface area contributed by atoms with Crippen molar-refractivity contribution in [3.8, 4) is 0 Å². The second kappa shape index (κ2) is 7.34. The molecule has 1 saturated heterocycles. The van der Waals surface area contributed by atoms with Crippen molar-refractivity contribution in [2.45, 2.75) is 51.4 Å². The molecule has 5 atom stereocenters. The monoisotopic (exact) mass is 305 g/mol. The number of ether oxygens (including phenoxy) is 3. The lowest BCUT2D eigenvalue weighted by atomic mass is 9.96. The SMILES string of the molecule is CC(=O)N[C@@H]1[C@@H](OC(C)=O)[C@@H](O)[C@@H](COC(C)=O)O[C@@H]1O. The number of carbonyl (C=O) groups excluding carboxylic acids is 3. The van der Waals surface area contributed by atoms with Crippen molar-refractivity contribution in [3.63, 3.8) is 0 Å². The molecule has 1 aliphatic heterocycles. The lowest BCUT2D eigenvalue weighted by molar-refractivity contribution is -0.259. The maximum atomic E-state index is 11.1. The van der Waals surface area contributed by atoms with Crippen LogP contribution in [0.2, 0.25) is 0 Å². The van der Waals surface area contributed by atoms with Gasteiger partial charge >= 0.3 is 11.9 Å². The number of hydrogen-bond donors (Lipinski definition) is 3. The van der Waals surface area contributed by atoms with Gasteiger partial charge < -0.3 is 29.7 Å². The molecular formula is C12H19NO8. The minimum Gasteiger partial charge on any atom is -0.463 e. The van der Waals surface area contributed by atoms with Gasteiger partial charge in [-0.3, -0.25) is 14.4 Å². The van der Waals surface area contributed by atoms with E-state index in [1.54, 1.807) is 0 Å². The third-order valence-electron chi connectivity index (χ3n) is 2.82. The molecule has 1 heterocycles. The van der Waals surface area contributed by atoms with Gasteiger partial charge in [-0.25, -0.2) is 0 Å². The summed E-state index contributed by atoms with van der Waals surface area (Å²) in [6, 6.07) is -1.13. The molecule has 3 N–H and O–H groups in total. The van der Waals surface area contributed by atoms with Gasteiger partial charge in [0.2, 0.25) is 5.91 Å². The first-order valence-electron chi connectivity index (χ1n) is 6.31. The summed E-state index contributed by atoms with van der Waals surface area (Å²) in [5.41, 5.74) is 0. The van der Waals surface area contributed by atoms with Gasteiger partial charge in [-0.05, 0) is 0 Å². The van der Waals surface area contributed by atoms with E-state index in [0.717, 1.165) is 6.92 Å². The minimum absolute atomic E-state index is 0.321. The average Bonchev–Trinajstić information content (AvgIpc) is 2.35. The Kier molecular flexibility index (Phi) is 6.06. The predicted octanol–water partition coefficient (Wildman–Crippen LogP) is -1.94. The molecule has 1 rings (SSSR count). The Balaban J connectivity index is 2.87. The maximum Gasteiger partial charge on any atom is 0.303 e. The summed E-state index contributed by atoms with van der Waals surface area (Å²) in [5, 5.41) is 22.4. The largest absolute Gasteiger partial charge is 0.463 e. The lowest BCUT2D eigenvalue weighted by Gasteiger charge is -2.42. The van der Waals surface area contributed by atoms with E-state index in [9.17, 15) is 24.6 Å². The van der Waals surface area contributed by atoms with Crippen molar-refractivity contribution in [3.05, 3.63) is 0 Å². The Hall–Kier alpha value is -1.71. The molecule has 0 aromatic heterocycles. The van der Waals surface area contributed by atoms with E-state index in [1.165, 1.54) is 13.8 Å². The fourth-order valence-electron chi connectivity index (χ4n) is 1.99. The van der Waals surface area contributed by atoms with Crippen LogP contribution in [0.1, 0.15) is 20.8 Å². The van der Waals surface area contributed by atoms with Gasteiger partial charge in [0.1, 0.15) is 24.9 Å². The van der Waals surface area contributed by atoms with Crippen LogP contribution in [-0.4, -0.2) is 65.3 Å². The Morgan fingerprint density at radius 3 is 2.24 bits per heavy atom. The first-order valence-corrected chi connectivity index (χ1v) is 6.31. The zero-order valence-corrected chi connectivity index (χ0v) is 11.9. The lowest BCUT2D eigenvalue weighted by Crippen LogP contribution is -2.65. The summed E-state index contributed by atoms with van der Waals surface area (Å²) < 4.78 is 14.7. The number of esters is 2. The van der Waals surface area contributed by atoms with E-state index < -0.39 is 48.5 Å². The molecule has 120 valence electrons. The molecule has 0 unspecified atom stereocenters. The third-order valence-corrected chi connectivity index (χ3v) is 2.82. The molecule has 0 bridgehead atoms. The number of carbonyl (C=O) groups is 3. The van der Waals surface area contributed by atoms with Gasteiger partial charge in [0.15, 0.2) is 12.4 Å². The van der Waals surface area contributed by atoms with Crippen molar-refractivity contribution in [1.82, 2.24) is 5.32 Å². The van der Waals surface area contributed by atoms with Gasteiger partial charge in [0.05, 0.1) is 0 Å². The number of amides is 1. The molecule has 0 saturated carbocycles. The topological polar surface area (TPSA) is 131 Å². The van der Waals surface area contributed by atoms with Gasteiger partial charge in [-0.15, -0.1) is 0 Å². The molecule has 1 amide bonds. The first-order chi connectivity index (χ1) is 9.72. The highest BCUT2D eigenvalue weighted by Crippen LogP contribution is 2.23. The fraction of sp³-hybridized carbons (Fsp3) is 0.750. The molecule has 1 aliphatic rings. The highest BCUT2D eigenvalue weighted by molar-refractivity contribution is 5.73. The fourth-order valence-corrected chi connectivity index (χ4v) is 1.99. The van der Waals surface area contributed by atoms with E-state index in [0.29, 0.717) is 0 Å². The molecule has 9 heteroatoms. The Bertz CT molecular complexity index is 412. The summed E-state index contributed by atoms with van der Waals surface area (Å²) in [6.45, 7) is 3.18. The molecule has 0 aliphatic carbocycles. The van der Waals surface area contributed by atoms with Crippen LogP contribution in [0, 0.1) is 0 Å². The van der Waals surface area contributed by atoms with Crippen molar-refractivity contribution in [1.29, 1.82) is 0 Å². The number of aliphatic hydroxyl groups is 2. The van der Waals surface area contributed by atoms with Crippen LogP contribution in [0.25, 0.3) is 0 Å². The molecule has 21 heavy (non-hydrogen) atoms. The highest BCUT2D eigenvalue weighted by atomic mass is 16.6. The standard InChI is InChI=1S/C12H19NO8/c1-5(14)13-9-11(20-7(3)16)10(17)8(21-12(9)18)4-19-6(2)15/h8-12,17-18H,4H2,1-3H3,(H,13,14)/t8-,9-,10+,11-,12+/m1/s1. The minimum atomic E-state index is -1.53. The second-order valence-corrected chi connectivity index (χ2v) is 4.66. The van der Waals surface area contributed by atoms with Gasteiger partial charge in [0, 0.05) is 20.8 Å². The Morgan fingerprint density at radius 1 is 1.14 bits per heavy atom. The Labute approximate surface area is 121 Å². The predicted molar refractivity (Wildman–Crippen MR) is 66.7 cm³/mol. The molecule has 0 aromatic rings. The van der Waals surface area contributed by atoms with Crippen molar-refractivity contribution in [2.75, 3.05) is 6.61 Å². The average molecular weight is 305 g/mol. The van der Waals surface area contributed by atoms with E-state index >= 15 is 0 Å². The van der Waals surface area contributed by atoms with E-state index in [1.807, 2.05) is 0 Å². The molecule has 0 radical (unpaired) electrons. The smallest absolute Gasteiger partial charge is 0.303 e. The molecular weight excluding hydrogens is 286 g/mol. The highest BCUT2D eigenvalue weighted by Gasteiger charge is 2.47. The van der Waals surface area contributed by atoms with Gasteiger partial charge in [-0.2, -0.15) is 0 Å². The first kappa shape index (κ1) is 17.3. The van der Waals surface area contributed by atoms with Crippen LogP contribution in [0.5, 0.6) is 0 Å². The number of nitrogens with one attached hydrogen (secondary N) is 1. The zero-order chi connectivity index (χ0) is 16.2. The van der Waals surface area contributed by atoms with E-state index in [2.05, 4.69) is 5.32 Å². The normalized spacial score (nSPS) is 32.1. The number of rotatable bonds is 4. The molecule has 0 spiro atoms. The number of aliphatic hydroxyl groups excluding tert-OH is 2. The summed E-state index contributed by atoms with van der Waals surface area (Å²) in [5.74, 6) is -1.78. The van der Waals surface area contributed by atoms with E-state index in [-0.39, 0.29) is 6.61 Å². The van der Waals surface area contributed by atoms with E-state index in [4.69, 9.17) is 14.2 Å². The zero-order valence-electron chi connectivity index (χ0n) is 11.9. The van der Waals surface area contributed by atoms with Crippen molar-refractivity contribution >= 4 is 17.8 Å². The summed E-state index contributed by atoms with van der Waals surface area (Å²) in [7, 11) is 0. The van der Waals surface area contributed by atoms with Crippen LogP contribution in [-0.2, 0) is 28.6 Å². The molecule has 9 nitrogen and oxygen atoms in total. The van der Waals surface area contributed by atoms with Crippen LogP contribution >= 0.6 is 0 Å². The maximum absolute atomic E-state index is 11.1. The van der Waals surface area contributed by atoms with Crippen LogP contribution < -0.4 is 5.32 Å². The van der Waals surface area contributed by atoms with Crippen LogP contribution in [0.15, 0.2) is 0 Å². The second-order valence-electron chi connectivity index (χ2n) is 4.66. The molecule has 0 aromatic carbocycles. The summed E-state index contributed by atoms with van der Waals surface area (Å²) in [6.07, 6.45) is -5.22.